The quantitative estimate of drug-likeness (QED) is 0.674. The Bertz CT molecular complexity index is 1120. The van der Waals surface area contributed by atoms with E-state index < -0.39 is 23.3 Å². The summed E-state index contributed by atoms with van der Waals surface area (Å²) in [5, 5.41) is 0.149. The zero-order valence-electron chi connectivity index (χ0n) is 14.8. The van der Waals surface area contributed by atoms with Crippen LogP contribution in [0.3, 0.4) is 0 Å². The molecule has 3 rings (SSSR count). The minimum Gasteiger partial charge on any atom is -0.462 e. The van der Waals surface area contributed by atoms with Gasteiger partial charge >= 0.3 is 12.1 Å². The van der Waals surface area contributed by atoms with E-state index in [0.29, 0.717) is 12.3 Å². The highest BCUT2D eigenvalue weighted by Crippen LogP contribution is 2.30. The first-order chi connectivity index (χ1) is 13.1. The maximum absolute atomic E-state index is 12.9. The molecule has 0 saturated heterocycles. The van der Waals surface area contributed by atoms with Crippen molar-refractivity contribution in [1.82, 2.24) is 14.5 Å². The fraction of sp³-hybridized carbons (Fsp3) is 0.294. The molecule has 0 bridgehead atoms. The predicted octanol–water partition coefficient (Wildman–Crippen LogP) is 2.52. The second-order valence-electron chi connectivity index (χ2n) is 5.84. The molecule has 28 heavy (non-hydrogen) atoms. The van der Waals surface area contributed by atoms with Crippen molar-refractivity contribution >= 4 is 22.9 Å². The average Bonchev–Trinajstić information content (AvgIpc) is 2.92. The van der Waals surface area contributed by atoms with E-state index in [1.807, 2.05) is 0 Å². The highest BCUT2D eigenvalue weighted by molar-refractivity contribution is 6.07. The van der Waals surface area contributed by atoms with Crippen LogP contribution < -0.4 is 11.3 Å². The number of esters is 1. The summed E-state index contributed by atoms with van der Waals surface area (Å²) in [6.07, 6.45) is -3.94. The number of carbonyl (C=O) groups excluding carboxylic acids is 1. The molecule has 0 atom stereocenters. The van der Waals surface area contributed by atoms with Crippen LogP contribution in [-0.2, 0) is 17.5 Å². The molecule has 3 aromatic rings. The number of carbonyl (C=O) groups is 1. The zero-order chi connectivity index (χ0) is 20.6. The van der Waals surface area contributed by atoms with E-state index >= 15 is 0 Å². The number of ether oxygens (including phenoxy) is 1. The van der Waals surface area contributed by atoms with E-state index in [2.05, 4.69) is 9.97 Å². The number of fused-ring (bicyclic) bond motifs is 1. The molecule has 2 N–H and O–H groups in total. The van der Waals surface area contributed by atoms with Crippen molar-refractivity contribution in [3.8, 4) is 0 Å². The molecule has 3 heterocycles. The van der Waals surface area contributed by atoms with E-state index in [-0.39, 0.29) is 47.2 Å². The van der Waals surface area contributed by atoms with Crippen LogP contribution in [0.5, 0.6) is 0 Å². The molecular weight excluding hydrogens is 381 g/mol. The van der Waals surface area contributed by atoms with Gasteiger partial charge in [-0.15, -0.1) is 0 Å². The first-order valence-corrected chi connectivity index (χ1v) is 8.12. The summed E-state index contributed by atoms with van der Waals surface area (Å²) >= 11 is 0. The number of anilines is 1. The summed E-state index contributed by atoms with van der Waals surface area (Å²) in [5.74, 6) is -0.603. The molecule has 11 heteroatoms. The van der Waals surface area contributed by atoms with Crippen LogP contribution >= 0.6 is 0 Å². The van der Waals surface area contributed by atoms with E-state index in [0.717, 1.165) is 10.6 Å². The number of rotatable bonds is 4. The van der Waals surface area contributed by atoms with Gasteiger partial charge in [-0.3, -0.25) is 4.79 Å². The van der Waals surface area contributed by atoms with Crippen molar-refractivity contribution in [3.05, 3.63) is 51.4 Å². The van der Waals surface area contributed by atoms with Gasteiger partial charge in [-0.25, -0.2) is 9.78 Å². The number of hydrogen-bond donors (Lipinski definition) is 1. The molecule has 0 spiro atoms. The van der Waals surface area contributed by atoms with E-state index in [9.17, 15) is 22.8 Å². The fourth-order valence-electron chi connectivity index (χ4n) is 2.68. The molecule has 0 radical (unpaired) electrons. The van der Waals surface area contributed by atoms with Crippen LogP contribution in [0.4, 0.5) is 19.0 Å². The number of hydrogen-bond acceptors (Lipinski definition) is 7. The number of alkyl halides is 3. The third-order valence-electron chi connectivity index (χ3n) is 3.90. The summed E-state index contributed by atoms with van der Waals surface area (Å²) in [6, 6.07) is 1.50. The lowest BCUT2D eigenvalue weighted by molar-refractivity contribution is -0.138. The average molecular weight is 396 g/mol. The summed E-state index contributed by atoms with van der Waals surface area (Å²) in [7, 11) is 0. The van der Waals surface area contributed by atoms with Gasteiger partial charge in [0.05, 0.1) is 24.1 Å². The number of halogens is 3. The second kappa shape index (κ2) is 6.98. The van der Waals surface area contributed by atoms with Crippen molar-refractivity contribution in [1.29, 1.82) is 0 Å². The maximum atomic E-state index is 12.9. The number of pyridine rings is 1. The summed E-state index contributed by atoms with van der Waals surface area (Å²) in [4.78, 5) is 32.1. The molecular formula is C17H15F3N4O4. The van der Waals surface area contributed by atoms with Crippen LogP contribution in [0, 0.1) is 6.92 Å². The Labute approximate surface area is 155 Å². The molecule has 0 aliphatic carbocycles. The van der Waals surface area contributed by atoms with Crippen molar-refractivity contribution in [2.24, 2.45) is 0 Å². The fourth-order valence-corrected chi connectivity index (χ4v) is 2.68. The highest BCUT2D eigenvalue weighted by Gasteiger charge is 2.31. The molecule has 0 aliphatic rings. The van der Waals surface area contributed by atoms with Gasteiger partial charge in [0, 0.05) is 12.3 Å². The Morgan fingerprint density at radius 1 is 1.32 bits per heavy atom. The van der Waals surface area contributed by atoms with E-state index in [1.165, 1.54) is 6.92 Å². The minimum atomic E-state index is -4.61. The van der Waals surface area contributed by atoms with Gasteiger partial charge in [0.2, 0.25) is 5.71 Å². The number of nitrogens with zero attached hydrogens (tertiary/aromatic N) is 3. The Kier molecular flexibility index (Phi) is 4.84. The maximum Gasteiger partial charge on any atom is 0.417 e. The van der Waals surface area contributed by atoms with Crippen molar-refractivity contribution in [2.75, 3.05) is 12.3 Å². The lowest BCUT2D eigenvalue weighted by atomic mass is 10.2. The monoisotopic (exact) mass is 396 g/mol. The number of aromatic nitrogens is 3. The number of aryl methyl sites for hydroxylation is 1. The third kappa shape index (κ3) is 3.55. The Morgan fingerprint density at radius 2 is 2.04 bits per heavy atom. The van der Waals surface area contributed by atoms with Gasteiger partial charge in [-0.2, -0.15) is 18.2 Å². The Balaban J connectivity index is 2.05. The lowest BCUT2D eigenvalue weighted by Crippen LogP contribution is -2.23. The Morgan fingerprint density at radius 3 is 2.68 bits per heavy atom. The molecule has 3 aromatic heterocycles. The lowest BCUT2D eigenvalue weighted by Gasteiger charge is -2.10. The normalized spacial score (nSPS) is 11.8. The smallest absolute Gasteiger partial charge is 0.417 e. The standard InChI is InChI=1S/C17H15F3N4O4/c1-3-27-16(26)12-8(2)28-15-13(12)14(21)22-10(23-15)7-24-6-9(17(18,19)20)4-5-11(24)25/h4-6H,3,7H2,1-2H3,(H2,21,22,23). The third-order valence-corrected chi connectivity index (χ3v) is 3.90. The minimum absolute atomic E-state index is 0.0249. The van der Waals surface area contributed by atoms with Crippen LogP contribution in [0.1, 0.15) is 34.4 Å². The molecule has 0 unspecified atom stereocenters. The first-order valence-electron chi connectivity index (χ1n) is 8.12. The van der Waals surface area contributed by atoms with Crippen molar-refractivity contribution in [2.45, 2.75) is 26.6 Å². The van der Waals surface area contributed by atoms with Crippen LogP contribution in [0.25, 0.3) is 11.1 Å². The van der Waals surface area contributed by atoms with Gasteiger partial charge < -0.3 is 19.5 Å². The summed E-state index contributed by atoms with van der Waals surface area (Å²) in [5.41, 5.74) is 4.31. The molecule has 0 fully saturated rings. The van der Waals surface area contributed by atoms with Crippen molar-refractivity contribution in [3.63, 3.8) is 0 Å². The number of nitrogens with two attached hydrogens (primary N) is 1. The summed E-state index contributed by atoms with van der Waals surface area (Å²) < 4.78 is 49.8. The Hall–Kier alpha value is -3.37. The molecule has 0 amide bonds. The van der Waals surface area contributed by atoms with Crippen LogP contribution in [-0.4, -0.2) is 27.1 Å². The van der Waals surface area contributed by atoms with Gasteiger partial charge in [0.15, 0.2) is 5.82 Å². The van der Waals surface area contributed by atoms with Gasteiger partial charge in [0.1, 0.15) is 17.1 Å². The van der Waals surface area contributed by atoms with E-state index in [4.69, 9.17) is 14.9 Å². The van der Waals surface area contributed by atoms with Crippen LogP contribution in [0.15, 0.2) is 27.5 Å². The molecule has 8 nitrogen and oxygen atoms in total. The molecule has 148 valence electrons. The molecule has 0 aliphatic heterocycles. The zero-order valence-corrected chi connectivity index (χ0v) is 14.8. The SMILES string of the molecule is CCOC(=O)c1c(C)oc2nc(Cn3cc(C(F)(F)F)ccc3=O)nc(N)c12. The van der Waals surface area contributed by atoms with Gasteiger partial charge in [0.25, 0.3) is 5.56 Å². The van der Waals surface area contributed by atoms with Gasteiger partial charge in [-0.05, 0) is 19.9 Å². The molecule has 0 aromatic carbocycles. The topological polar surface area (TPSA) is 113 Å². The van der Waals surface area contributed by atoms with Crippen molar-refractivity contribution < 1.29 is 27.1 Å². The summed E-state index contributed by atoms with van der Waals surface area (Å²) in [6.45, 7) is 2.93. The molecule has 0 saturated carbocycles. The second-order valence-corrected chi connectivity index (χ2v) is 5.84. The highest BCUT2D eigenvalue weighted by atomic mass is 19.4. The van der Waals surface area contributed by atoms with E-state index in [1.54, 1.807) is 6.92 Å². The van der Waals surface area contributed by atoms with Crippen LogP contribution in [0.2, 0.25) is 0 Å². The predicted molar refractivity (Wildman–Crippen MR) is 91.7 cm³/mol. The number of furan rings is 1. The first kappa shape index (κ1) is 19.4. The number of nitrogen functional groups attached to an aromatic ring is 1. The largest absolute Gasteiger partial charge is 0.462 e. The van der Waals surface area contributed by atoms with Gasteiger partial charge in [-0.1, -0.05) is 0 Å².